The summed E-state index contributed by atoms with van der Waals surface area (Å²) in [7, 11) is 0. The zero-order valence-corrected chi connectivity index (χ0v) is 16.3. The number of aliphatic hydroxyl groups is 1. The molecule has 3 rings (SSSR count). The average molecular weight is 428 g/mol. The van der Waals surface area contributed by atoms with Crippen LogP contribution in [0.1, 0.15) is 35.2 Å². The molecule has 0 radical (unpaired) electrons. The molecule has 2 aromatic carbocycles. The molecule has 1 amide bonds. The first kappa shape index (κ1) is 21.5. The molecule has 0 spiro atoms. The molecule has 1 saturated heterocycles. The van der Waals surface area contributed by atoms with E-state index in [4.69, 9.17) is 16.3 Å². The second-order valence-electron chi connectivity index (χ2n) is 7.16. The standard InChI is InChI=1S/C21H21ClF3NO3/c22-15-5-3-6-16(13-15)29-14-20(28)9-4-11-26(12-10-20)19(27)17-7-1-2-8-18(17)21(23,24)25/h1-3,5-8,13,28H,4,9-12,14H2. The molecule has 1 aliphatic heterocycles. The highest BCUT2D eigenvalue weighted by molar-refractivity contribution is 6.30. The number of ether oxygens (including phenoxy) is 1. The van der Waals surface area contributed by atoms with Crippen LogP contribution in [0, 0.1) is 0 Å². The summed E-state index contributed by atoms with van der Waals surface area (Å²) in [5, 5.41) is 11.4. The van der Waals surface area contributed by atoms with Gasteiger partial charge in [-0.1, -0.05) is 29.8 Å². The molecule has 4 nitrogen and oxygen atoms in total. The lowest BCUT2D eigenvalue weighted by Crippen LogP contribution is -2.38. The van der Waals surface area contributed by atoms with E-state index in [2.05, 4.69) is 0 Å². The van der Waals surface area contributed by atoms with Crippen molar-refractivity contribution >= 4 is 17.5 Å². The molecule has 1 aliphatic rings. The van der Waals surface area contributed by atoms with Gasteiger partial charge in [0.15, 0.2) is 0 Å². The van der Waals surface area contributed by atoms with Crippen LogP contribution in [-0.2, 0) is 6.18 Å². The maximum atomic E-state index is 13.2. The molecule has 0 bridgehead atoms. The lowest BCUT2D eigenvalue weighted by molar-refractivity contribution is -0.138. The highest BCUT2D eigenvalue weighted by Gasteiger charge is 2.37. The van der Waals surface area contributed by atoms with Gasteiger partial charge >= 0.3 is 6.18 Å². The van der Waals surface area contributed by atoms with E-state index < -0.39 is 23.2 Å². The van der Waals surface area contributed by atoms with Crippen molar-refractivity contribution in [2.45, 2.75) is 31.0 Å². The molecule has 2 aromatic rings. The van der Waals surface area contributed by atoms with E-state index in [1.807, 2.05) is 0 Å². The monoisotopic (exact) mass is 427 g/mol. The molecule has 156 valence electrons. The van der Waals surface area contributed by atoms with Crippen LogP contribution in [0.5, 0.6) is 5.75 Å². The van der Waals surface area contributed by atoms with Gasteiger partial charge in [-0.3, -0.25) is 4.79 Å². The topological polar surface area (TPSA) is 49.8 Å². The number of hydrogen-bond acceptors (Lipinski definition) is 3. The zero-order valence-electron chi connectivity index (χ0n) is 15.6. The number of halogens is 4. The van der Waals surface area contributed by atoms with Crippen LogP contribution in [0.25, 0.3) is 0 Å². The van der Waals surface area contributed by atoms with Crippen LogP contribution in [0.3, 0.4) is 0 Å². The maximum absolute atomic E-state index is 13.2. The lowest BCUT2D eigenvalue weighted by atomic mass is 9.96. The molecule has 1 N–H and O–H groups in total. The molecule has 1 fully saturated rings. The van der Waals surface area contributed by atoms with Crippen LogP contribution in [0.2, 0.25) is 5.02 Å². The maximum Gasteiger partial charge on any atom is 0.417 e. The first-order valence-electron chi connectivity index (χ1n) is 9.24. The molecule has 29 heavy (non-hydrogen) atoms. The van der Waals surface area contributed by atoms with Gasteiger partial charge in [-0.15, -0.1) is 0 Å². The third-order valence-corrected chi connectivity index (χ3v) is 5.21. The van der Waals surface area contributed by atoms with Crippen molar-refractivity contribution < 1.29 is 27.8 Å². The molecule has 1 unspecified atom stereocenters. The number of alkyl halides is 3. The van der Waals surface area contributed by atoms with Gasteiger partial charge in [0, 0.05) is 18.1 Å². The lowest BCUT2D eigenvalue weighted by Gasteiger charge is -2.27. The van der Waals surface area contributed by atoms with Gasteiger partial charge in [0.25, 0.3) is 5.91 Å². The Morgan fingerprint density at radius 1 is 1.14 bits per heavy atom. The SMILES string of the molecule is O=C(c1ccccc1C(F)(F)F)N1CCCC(O)(COc2cccc(Cl)c2)CC1. The third-order valence-electron chi connectivity index (χ3n) is 4.97. The minimum atomic E-state index is -4.61. The van der Waals surface area contributed by atoms with Gasteiger partial charge in [0.1, 0.15) is 18.0 Å². The Balaban J connectivity index is 1.67. The quantitative estimate of drug-likeness (QED) is 0.762. The van der Waals surface area contributed by atoms with Crippen LogP contribution < -0.4 is 4.74 Å². The Kier molecular flexibility index (Phi) is 6.39. The van der Waals surface area contributed by atoms with Gasteiger partial charge in [-0.2, -0.15) is 13.2 Å². The van der Waals surface area contributed by atoms with Gasteiger partial charge in [0.05, 0.1) is 11.1 Å². The van der Waals surface area contributed by atoms with Crippen LogP contribution >= 0.6 is 11.6 Å². The van der Waals surface area contributed by atoms with Crippen molar-refractivity contribution in [3.8, 4) is 5.75 Å². The van der Waals surface area contributed by atoms with Crippen molar-refractivity contribution in [1.29, 1.82) is 0 Å². The second kappa shape index (κ2) is 8.63. The van der Waals surface area contributed by atoms with Gasteiger partial charge in [-0.05, 0) is 49.6 Å². The summed E-state index contributed by atoms with van der Waals surface area (Å²) in [6, 6.07) is 11.5. The average Bonchev–Trinajstić information content (AvgIpc) is 2.88. The van der Waals surface area contributed by atoms with E-state index in [1.165, 1.54) is 23.1 Å². The summed E-state index contributed by atoms with van der Waals surface area (Å²) in [4.78, 5) is 14.1. The Bertz CT molecular complexity index is 874. The predicted molar refractivity (Wildman–Crippen MR) is 103 cm³/mol. The third kappa shape index (κ3) is 5.42. The van der Waals surface area contributed by atoms with E-state index in [0.717, 1.165) is 6.07 Å². The largest absolute Gasteiger partial charge is 0.491 e. The number of likely N-dealkylation sites (tertiary alicyclic amines) is 1. The molecule has 1 heterocycles. The van der Waals surface area contributed by atoms with Crippen LogP contribution in [-0.4, -0.2) is 41.2 Å². The van der Waals surface area contributed by atoms with Crippen molar-refractivity contribution in [1.82, 2.24) is 4.90 Å². The van der Waals surface area contributed by atoms with Gasteiger partial charge in [-0.25, -0.2) is 0 Å². The molecule has 0 aromatic heterocycles. The highest BCUT2D eigenvalue weighted by atomic mass is 35.5. The summed E-state index contributed by atoms with van der Waals surface area (Å²) >= 11 is 5.92. The normalized spacial score (nSPS) is 20.2. The van der Waals surface area contributed by atoms with Gasteiger partial charge < -0.3 is 14.7 Å². The van der Waals surface area contributed by atoms with E-state index in [1.54, 1.807) is 24.3 Å². The van der Waals surface area contributed by atoms with Crippen molar-refractivity contribution in [2.75, 3.05) is 19.7 Å². The highest BCUT2D eigenvalue weighted by Crippen LogP contribution is 2.33. The Labute approximate surface area is 171 Å². The molecular formula is C21H21ClF3NO3. The van der Waals surface area contributed by atoms with E-state index in [-0.39, 0.29) is 31.7 Å². The molecule has 8 heteroatoms. The Morgan fingerprint density at radius 2 is 1.90 bits per heavy atom. The number of benzene rings is 2. The molecule has 0 saturated carbocycles. The molecular weight excluding hydrogens is 407 g/mol. The van der Waals surface area contributed by atoms with Crippen molar-refractivity contribution in [3.05, 3.63) is 64.7 Å². The van der Waals surface area contributed by atoms with Crippen molar-refractivity contribution in [2.24, 2.45) is 0 Å². The van der Waals surface area contributed by atoms with E-state index >= 15 is 0 Å². The van der Waals surface area contributed by atoms with E-state index in [9.17, 15) is 23.1 Å². The predicted octanol–water partition coefficient (Wildman–Crippen LogP) is 4.80. The summed E-state index contributed by atoms with van der Waals surface area (Å²) in [5.74, 6) is -0.167. The number of nitrogens with zero attached hydrogens (tertiary/aromatic N) is 1. The van der Waals surface area contributed by atoms with E-state index in [0.29, 0.717) is 23.6 Å². The number of hydrogen-bond donors (Lipinski definition) is 1. The fourth-order valence-corrected chi connectivity index (χ4v) is 3.57. The summed E-state index contributed by atoms with van der Waals surface area (Å²) in [6.45, 7) is 0.416. The minimum absolute atomic E-state index is 0.00844. The van der Waals surface area contributed by atoms with Crippen molar-refractivity contribution in [3.63, 3.8) is 0 Å². The smallest absolute Gasteiger partial charge is 0.417 e. The minimum Gasteiger partial charge on any atom is -0.491 e. The summed E-state index contributed by atoms with van der Waals surface area (Å²) in [5.41, 5.74) is -2.50. The Morgan fingerprint density at radius 3 is 2.62 bits per heavy atom. The number of amides is 1. The second-order valence-corrected chi connectivity index (χ2v) is 7.60. The zero-order chi connectivity index (χ0) is 21.1. The number of rotatable bonds is 4. The van der Waals surface area contributed by atoms with Crippen LogP contribution in [0.4, 0.5) is 13.2 Å². The molecule has 0 aliphatic carbocycles. The molecule has 1 atom stereocenters. The first-order chi connectivity index (χ1) is 13.7. The Hall–Kier alpha value is -2.25. The summed E-state index contributed by atoms with van der Waals surface area (Å²) < 4.78 is 45.3. The fourth-order valence-electron chi connectivity index (χ4n) is 3.39. The number of carbonyl (C=O) groups is 1. The van der Waals surface area contributed by atoms with Gasteiger partial charge in [0.2, 0.25) is 0 Å². The van der Waals surface area contributed by atoms with Crippen LogP contribution in [0.15, 0.2) is 48.5 Å². The fraction of sp³-hybridized carbons (Fsp3) is 0.381. The summed E-state index contributed by atoms with van der Waals surface area (Å²) in [6.07, 6.45) is -3.58. The first-order valence-corrected chi connectivity index (χ1v) is 9.62. The number of carbonyl (C=O) groups excluding carboxylic acids is 1.